The van der Waals surface area contributed by atoms with Crippen LogP contribution in [0.4, 0.5) is 15.8 Å². The molecule has 0 aromatic heterocycles. The lowest BCUT2D eigenvalue weighted by molar-refractivity contribution is -0.114. The Hall–Kier alpha value is -3.79. The number of carbonyl (C=O) groups excluding carboxylic acids is 1. The minimum absolute atomic E-state index is 0.118. The summed E-state index contributed by atoms with van der Waals surface area (Å²) in [5.41, 5.74) is 0.550. The van der Waals surface area contributed by atoms with Crippen molar-refractivity contribution in [1.29, 1.82) is 0 Å². The highest BCUT2D eigenvalue weighted by atomic mass is 32.2. The van der Waals surface area contributed by atoms with Gasteiger partial charge in [0.05, 0.1) is 31.9 Å². The minimum atomic E-state index is -4.23. The Bertz CT molecular complexity index is 1230. The van der Waals surface area contributed by atoms with Gasteiger partial charge in [0.15, 0.2) is 11.5 Å². The van der Waals surface area contributed by atoms with Crippen molar-refractivity contribution >= 4 is 27.3 Å². The molecular formula is C23H23FN2O6S. The molecule has 0 atom stereocenters. The van der Waals surface area contributed by atoms with E-state index >= 15 is 0 Å². The average Bonchev–Trinajstić information content (AvgIpc) is 2.82. The van der Waals surface area contributed by atoms with E-state index in [2.05, 4.69) is 5.32 Å². The molecular weight excluding hydrogens is 451 g/mol. The van der Waals surface area contributed by atoms with Crippen LogP contribution in [0.1, 0.15) is 0 Å². The van der Waals surface area contributed by atoms with Crippen LogP contribution in [0.25, 0.3) is 0 Å². The summed E-state index contributed by atoms with van der Waals surface area (Å²) in [5, 5.41) is 2.65. The summed E-state index contributed by atoms with van der Waals surface area (Å²) in [6.07, 6.45) is 0. The lowest BCUT2D eigenvalue weighted by Gasteiger charge is -2.24. The normalized spacial score (nSPS) is 10.9. The van der Waals surface area contributed by atoms with Gasteiger partial charge < -0.3 is 19.5 Å². The van der Waals surface area contributed by atoms with Crippen molar-refractivity contribution in [2.24, 2.45) is 0 Å². The third-order valence-electron chi connectivity index (χ3n) is 4.70. The van der Waals surface area contributed by atoms with Crippen LogP contribution in [0.2, 0.25) is 0 Å². The van der Waals surface area contributed by atoms with Gasteiger partial charge >= 0.3 is 0 Å². The first-order valence-corrected chi connectivity index (χ1v) is 11.2. The molecule has 0 saturated carbocycles. The number of rotatable bonds is 9. The summed E-state index contributed by atoms with van der Waals surface area (Å²) in [4.78, 5) is 12.7. The Labute approximate surface area is 191 Å². The number of methoxy groups -OCH3 is 3. The van der Waals surface area contributed by atoms with Gasteiger partial charge in [-0.1, -0.05) is 6.07 Å². The lowest BCUT2D eigenvalue weighted by Crippen LogP contribution is -2.38. The van der Waals surface area contributed by atoms with Crippen molar-refractivity contribution in [3.8, 4) is 17.2 Å². The molecule has 3 aromatic rings. The topological polar surface area (TPSA) is 94.2 Å². The molecule has 0 spiro atoms. The van der Waals surface area contributed by atoms with Gasteiger partial charge in [-0.2, -0.15) is 0 Å². The molecule has 0 aliphatic carbocycles. The van der Waals surface area contributed by atoms with E-state index in [1.807, 2.05) is 0 Å². The van der Waals surface area contributed by atoms with E-state index in [1.165, 1.54) is 51.7 Å². The van der Waals surface area contributed by atoms with Crippen molar-refractivity contribution in [3.05, 3.63) is 72.5 Å². The molecule has 3 rings (SSSR count). The van der Waals surface area contributed by atoms with Gasteiger partial charge in [-0.15, -0.1) is 0 Å². The molecule has 0 saturated heterocycles. The fraction of sp³-hybridized carbons (Fsp3) is 0.174. The molecule has 1 amide bonds. The molecule has 10 heteroatoms. The molecule has 0 bridgehead atoms. The molecule has 0 fully saturated rings. The standard InChI is InChI=1S/C23H23FN2O6S/c1-30-19-6-4-5-17(13-19)25-23(27)15-26(18-9-7-16(24)8-10-18)33(28,29)20-11-12-21(31-2)22(14-20)32-3/h4-14H,15H2,1-3H3,(H,25,27). The van der Waals surface area contributed by atoms with Gasteiger partial charge in [-0.25, -0.2) is 12.8 Å². The Morgan fingerprint density at radius 3 is 2.24 bits per heavy atom. The lowest BCUT2D eigenvalue weighted by atomic mass is 10.3. The van der Waals surface area contributed by atoms with Gasteiger partial charge in [0.1, 0.15) is 18.1 Å². The number of hydrogen-bond donors (Lipinski definition) is 1. The van der Waals surface area contributed by atoms with Crippen molar-refractivity contribution in [2.45, 2.75) is 4.90 Å². The number of nitrogens with zero attached hydrogens (tertiary/aromatic N) is 1. The quantitative estimate of drug-likeness (QED) is 0.509. The molecule has 174 valence electrons. The zero-order chi connectivity index (χ0) is 24.0. The van der Waals surface area contributed by atoms with Crippen molar-refractivity contribution in [2.75, 3.05) is 37.5 Å². The van der Waals surface area contributed by atoms with Gasteiger partial charge in [0, 0.05) is 17.8 Å². The molecule has 33 heavy (non-hydrogen) atoms. The van der Waals surface area contributed by atoms with Crippen LogP contribution in [-0.2, 0) is 14.8 Å². The van der Waals surface area contributed by atoms with Gasteiger partial charge in [-0.3, -0.25) is 9.10 Å². The third kappa shape index (κ3) is 5.53. The van der Waals surface area contributed by atoms with E-state index in [-0.39, 0.29) is 16.3 Å². The second-order valence-corrected chi connectivity index (χ2v) is 8.65. The number of hydrogen-bond acceptors (Lipinski definition) is 6. The maximum atomic E-state index is 13.5. The predicted molar refractivity (Wildman–Crippen MR) is 122 cm³/mol. The number of halogens is 1. The van der Waals surface area contributed by atoms with Crippen LogP contribution < -0.4 is 23.8 Å². The average molecular weight is 475 g/mol. The third-order valence-corrected chi connectivity index (χ3v) is 6.47. The first-order valence-electron chi connectivity index (χ1n) is 9.72. The second kappa shape index (κ2) is 10.2. The molecule has 0 aliphatic heterocycles. The highest BCUT2D eigenvalue weighted by molar-refractivity contribution is 7.92. The van der Waals surface area contributed by atoms with Crippen LogP contribution >= 0.6 is 0 Å². The second-order valence-electron chi connectivity index (χ2n) is 6.79. The molecule has 0 radical (unpaired) electrons. The van der Waals surface area contributed by atoms with E-state index in [0.29, 0.717) is 17.2 Å². The Kier molecular flexibility index (Phi) is 7.39. The number of carbonyl (C=O) groups is 1. The minimum Gasteiger partial charge on any atom is -0.497 e. The van der Waals surface area contributed by atoms with E-state index in [0.717, 1.165) is 16.4 Å². The van der Waals surface area contributed by atoms with Crippen LogP contribution in [0.3, 0.4) is 0 Å². The summed E-state index contributed by atoms with van der Waals surface area (Å²) >= 11 is 0. The van der Waals surface area contributed by atoms with Crippen LogP contribution in [0.15, 0.2) is 71.6 Å². The van der Waals surface area contributed by atoms with Gasteiger partial charge in [0.25, 0.3) is 10.0 Å². The van der Waals surface area contributed by atoms with Crippen molar-refractivity contribution in [3.63, 3.8) is 0 Å². The fourth-order valence-electron chi connectivity index (χ4n) is 3.06. The van der Waals surface area contributed by atoms with Crippen LogP contribution in [0, 0.1) is 5.82 Å². The summed E-state index contributed by atoms with van der Waals surface area (Å²) < 4.78 is 56.9. The molecule has 3 aromatic carbocycles. The Balaban J connectivity index is 1.97. The predicted octanol–water partition coefficient (Wildman–Crippen LogP) is 3.69. The molecule has 0 heterocycles. The number of nitrogens with one attached hydrogen (secondary N) is 1. The summed E-state index contributed by atoms with van der Waals surface area (Å²) in [7, 11) is 0.0709. The maximum absolute atomic E-state index is 13.5. The number of ether oxygens (including phenoxy) is 3. The fourth-order valence-corrected chi connectivity index (χ4v) is 4.50. The van der Waals surface area contributed by atoms with E-state index < -0.39 is 28.3 Å². The number of sulfonamides is 1. The Morgan fingerprint density at radius 1 is 0.909 bits per heavy atom. The first-order chi connectivity index (χ1) is 15.8. The highest BCUT2D eigenvalue weighted by Crippen LogP contribution is 2.32. The molecule has 8 nitrogen and oxygen atoms in total. The first kappa shape index (κ1) is 23.9. The molecule has 0 aliphatic rings. The van der Waals surface area contributed by atoms with E-state index in [9.17, 15) is 17.6 Å². The summed E-state index contributed by atoms with van der Waals surface area (Å²) in [5.74, 6) is -0.0557. The van der Waals surface area contributed by atoms with Crippen molar-refractivity contribution < 1.29 is 31.8 Å². The zero-order valence-corrected chi connectivity index (χ0v) is 19.1. The molecule has 1 N–H and O–H groups in total. The zero-order valence-electron chi connectivity index (χ0n) is 18.2. The van der Waals surface area contributed by atoms with Crippen LogP contribution in [0.5, 0.6) is 17.2 Å². The summed E-state index contributed by atoms with van der Waals surface area (Å²) in [6, 6.07) is 15.5. The van der Waals surface area contributed by atoms with Crippen LogP contribution in [-0.4, -0.2) is 42.2 Å². The van der Waals surface area contributed by atoms with E-state index in [1.54, 1.807) is 24.3 Å². The van der Waals surface area contributed by atoms with Gasteiger partial charge in [-0.05, 0) is 48.5 Å². The number of anilines is 2. The summed E-state index contributed by atoms with van der Waals surface area (Å²) in [6.45, 7) is -0.556. The smallest absolute Gasteiger partial charge is 0.264 e. The van der Waals surface area contributed by atoms with E-state index in [4.69, 9.17) is 14.2 Å². The largest absolute Gasteiger partial charge is 0.497 e. The SMILES string of the molecule is COc1cccc(NC(=O)CN(c2ccc(F)cc2)S(=O)(=O)c2ccc(OC)c(OC)c2)c1. The monoisotopic (exact) mass is 474 g/mol. The highest BCUT2D eigenvalue weighted by Gasteiger charge is 2.28. The van der Waals surface area contributed by atoms with Crippen molar-refractivity contribution in [1.82, 2.24) is 0 Å². The number of benzene rings is 3. The Morgan fingerprint density at radius 2 is 1.61 bits per heavy atom. The maximum Gasteiger partial charge on any atom is 0.264 e. The van der Waals surface area contributed by atoms with Gasteiger partial charge in [0.2, 0.25) is 5.91 Å². The molecule has 0 unspecified atom stereocenters. The number of amides is 1.